The maximum Gasteiger partial charge on any atom is 0.224 e. The molecular formula is C14H27N5. The SMILES string of the molecule is CNc1nc(C)cc(NCCCCN(C)C(C)C)n1. The van der Waals surface area contributed by atoms with E-state index in [-0.39, 0.29) is 0 Å². The van der Waals surface area contributed by atoms with Crippen molar-refractivity contribution in [1.82, 2.24) is 14.9 Å². The van der Waals surface area contributed by atoms with Gasteiger partial charge in [-0.3, -0.25) is 0 Å². The molecule has 0 aliphatic rings. The van der Waals surface area contributed by atoms with E-state index >= 15 is 0 Å². The zero-order chi connectivity index (χ0) is 14.3. The Balaban J connectivity index is 2.28. The zero-order valence-electron chi connectivity index (χ0n) is 12.8. The van der Waals surface area contributed by atoms with Crippen LogP contribution in [-0.4, -0.2) is 48.1 Å². The van der Waals surface area contributed by atoms with Gasteiger partial charge in [-0.15, -0.1) is 0 Å². The zero-order valence-corrected chi connectivity index (χ0v) is 12.8. The third kappa shape index (κ3) is 5.87. The highest BCUT2D eigenvalue weighted by atomic mass is 15.1. The maximum atomic E-state index is 4.37. The number of hydrogen-bond donors (Lipinski definition) is 2. The standard InChI is InChI=1S/C14H27N5/c1-11(2)19(5)9-7-6-8-16-13-10-12(3)17-14(15-4)18-13/h10-11H,6-9H2,1-5H3,(H2,15,16,17,18). The summed E-state index contributed by atoms with van der Waals surface area (Å²) in [6.45, 7) is 8.52. The van der Waals surface area contributed by atoms with Crippen molar-refractivity contribution >= 4 is 11.8 Å². The fourth-order valence-corrected chi connectivity index (χ4v) is 1.73. The highest BCUT2D eigenvalue weighted by Crippen LogP contribution is 2.09. The molecule has 5 nitrogen and oxygen atoms in total. The maximum absolute atomic E-state index is 4.37. The molecule has 0 aliphatic carbocycles. The molecule has 0 fully saturated rings. The smallest absolute Gasteiger partial charge is 0.224 e. The van der Waals surface area contributed by atoms with Crippen molar-refractivity contribution in [3.05, 3.63) is 11.8 Å². The highest BCUT2D eigenvalue weighted by Gasteiger charge is 2.03. The number of rotatable bonds is 8. The summed E-state index contributed by atoms with van der Waals surface area (Å²) < 4.78 is 0. The van der Waals surface area contributed by atoms with Crippen LogP contribution in [-0.2, 0) is 0 Å². The fourth-order valence-electron chi connectivity index (χ4n) is 1.73. The second-order valence-corrected chi connectivity index (χ2v) is 5.18. The Morgan fingerprint density at radius 2 is 2.00 bits per heavy atom. The summed E-state index contributed by atoms with van der Waals surface area (Å²) in [5.41, 5.74) is 0.974. The lowest BCUT2D eigenvalue weighted by Gasteiger charge is -2.20. The van der Waals surface area contributed by atoms with E-state index in [0.29, 0.717) is 12.0 Å². The van der Waals surface area contributed by atoms with Crippen molar-refractivity contribution in [1.29, 1.82) is 0 Å². The van der Waals surface area contributed by atoms with Crippen molar-refractivity contribution in [2.45, 2.75) is 39.7 Å². The van der Waals surface area contributed by atoms with Crippen molar-refractivity contribution in [3.63, 3.8) is 0 Å². The number of aryl methyl sites for hydroxylation is 1. The Labute approximate surface area is 116 Å². The second kappa shape index (κ2) is 7.94. The van der Waals surface area contributed by atoms with Gasteiger partial charge < -0.3 is 15.5 Å². The molecule has 5 heteroatoms. The molecule has 1 aromatic heterocycles. The van der Waals surface area contributed by atoms with Gasteiger partial charge in [-0.05, 0) is 47.2 Å². The van der Waals surface area contributed by atoms with Gasteiger partial charge in [0.1, 0.15) is 5.82 Å². The molecule has 2 N–H and O–H groups in total. The number of hydrogen-bond acceptors (Lipinski definition) is 5. The Kier molecular flexibility index (Phi) is 6.56. The van der Waals surface area contributed by atoms with Crippen LogP contribution in [0, 0.1) is 6.92 Å². The minimum atomic E-state index is 0.621. The van der Waals surface area contributed by atoms with Gasteiger partial charge >= 0.3 is 0 Å². The number of nitrogens with one attached hydrogen (secondary N) is 2. The molecule has 0 saturated carbocycles. The molecule has 108 valence electrons. The summed E-state index contributed by atoms with van der Waals surface area (Å²) in [5.74, 6) is 1.57. The van der Waals surface area contributed by atoms with Crippen molar-refractivity contribution in [2.75, 3.05) is 37.8 Å². The molecule has 1 aromatic rings. The van der Waals surface area contributed by atoms with E-state index in [1.165, 1.54) is 6.42 Å². The van der Waals surface area contributed by atoms with Crippen LogP contribution in [0.25, 0.3) is 0 Å². The minimum Gasteiger partial charge on any atom is -0.370 e. The van der Waals surface area contributed by atoms with Gasteiger partial charge in [-0.1, -0.05) is 0 Å². The first-order valence-electron chi connectivity index (χ1n) is 7.00. The van der Waals surface area contributed by atoms with Crippen LogP contribution in [0.5, 0.6) is 0 Å². The van der Waals surface area contributed by atoms with E-state index in [0.717, 1.165) is 31.0 Å². The van der Waals surface area contributed by atoms with Crippen LogP contribution >= 0.6 is 0 Å². The van der Waals surface area contributed by atoms with E-state index in [4.69, 9.17) is 0 Å². The van der Waals surface area contributed by atoms with Crippen LogP contribution in [0.4, 0.5) is 11.8 Å². The third-order valence-electron chi connectivity index (χ3n) is 3.20. The Morgan fingerprint density at radius 3 is 2.63 bits per heavy atom. The molecule has 1 heterocycles. The quantitative estimate of drug-likeness (QED) is 0.707. The average Bonchev–Trinajstić information content (AvgIpc) is 2.37. The molecule has 0 aromatic carbocycles. The summed E-state index contributed by atoms with van der Waals surface area (Å²) >= 11 is 0. The Hall–Kier alpha value is -1.36. The van der Waals surface area contributed by atoms with Crippen LogP contribution in [0.1, 0.15) is 32.4 Å². The highest BCUT2D eigenvalue weighted by molar-refractivity contribution is 5.41. The predicted octanol–water partition coefficient (Wildman–Crippen LogP) is 2.36. The van der Waals surface area contributed by atoms with Gasteiger partial charge in [0.25, 0.3) is 0 Å². The molecule has 19 heavy (non-hydrogen) atoms. The molecule has 0 amide bonds. The summed E-state index contributed by atoms with van der Waals surface area (Å²) in [5, 5.41) is 6.32. The molecule has 0 aliphatic heterocycles. The molecular weight excluding hydrogens is 238 g/mol. The van der Waals surface area contributed by atoms with Gasteiger partial charge in [0.05, 0.1) is 0 Å². The van der Waals surface area contributed by atoms with E-state index in [1.54, 1.807) is 0 Å². The van der Waals surface area contributed by atoms with Crippen LogP contribution in [0.15, 0.2) is 6.07 Å². The van der Waals surface area contributed by atoms with Crippen molar-refractivity contribution in [2.24, 2.45) is 0 Å². The van der Waals surface area contributed by atoms with E-state index < -0.39 is 0 Å². The van der Waals surface area contributed by atoms with Gasteiger partial charge in [0.15, 0.2) is 0 Å². The van der Waals surface area contributed by atoms with Crippen LogP contribution in [0.3, 0.4) is 0 Å². The van der Waals surface area contributed by atoms with Gasteiger partial charge in [0, 0.05) is 31.4 Å². The lowest BCUT2D eigenvalue weighted by Crippen LogP contribution is -2.27. The average molecular weight is 265 g/mol. The number of unbranched alkanes of at least 4 members (excludes halogenated alkanes) is 1. The molecule has 0 bridgehead atoms. The van der Waals surface area contributed by atoms with Gasteiger partial charge in [-0.25, -0.2) is 4.98 Å². The third-order valence-corrected chi connectivity index (χ3v) is 3.20. The summed E-state index contributed by atoms with van der Waals surface area (Å²) in [6.07, 6.45) is 2.35. The minimum absolute atomic E-state index is 0.621. The first kappa shape index (κ1) is 15.7. The normalized spacial score (nSPS) is 11.1. The topological polar surface area (TPSA) is 53.1 Å². The second-order valence-electron chi connectivity index (χ2n) is 5.18. The molecule has 0 saturated heterocycles. The van der Waals surface area contributed by atoms with Gasteiger partial charge in [0.2, 0.25) is 5.95 Å². The molecule has 0 spiro atoms. The lowest BCUT2D eigenvalue weighted by atomic mass is 10.2. The number of aromatic nitrogens is 2. The summed E-state index contributed by atoms with van der Waals surface area (Å²) in [4.78, 5) is 11.0. The Bertz CT molecular complexity index is 378. The number of nitrogens with zero attached hydrogens (tertiary/aromatic N) is 3. The lowest BCUT2D eigenvalue weighted by molar-refractivity contribution is 0.269. The molecule has 0 unspecified atom stereocenters. The fraction of sp³-hybridized carbons (Fsp3) is 0.714. The Morgan fingerprint density at radius 1 is 1.26 bits per heavy atom. The molecule has 1 rings (SSSR count). The van der Waals surface area contributed by atoms with Crippen molar-refractivity contribution < 1.29 is 0 Å². The monoisotopic (exact) mass is 265 g/mol. The number of anilines is 2. The largest absolute Gasteiger partial charge is 0.370 e. The van der Waals surface area contributed by atoms with E-state index in [1.807, 2.05) is 20.0 Å². The van der Waals surface area contributed by atoms with E-state index in [2.05, 4.69) is 46.4 Å². The molecule has 0 atom stereocenters. The van der Waals surface area contributed by atoms with E-state index in [9.17, 15) is 0 Å². The summed E-state index contributed by atoms with van der Waals surface area (Å²) in [7, 11) is 4.01. The van der Waals surface area contributed by atoms with Crippen LogP contribution in [0.2, 0.25) is 0 Å². The predicted molar refractivity (Wildman–Crippen MR) is 81.8 cm³/mol. The van der Waals surface area contributed by atoms with Gasteiger partial charge in [-0.2, -0.15) is 4.98 Å². The first-order chi connectivity index (χ1) is 9.02. The summed E-state index contributed by atoms with van der Waals surface area (Å²) in [6, 6.07) is 2.59. The van der Waals surface area contributed by atoms with Crippen LogP contribution < -0.4 is 10.6 Å². The van der Waals surface area contributed by atoms with Crippen molar-refractivity contribution in [3.8, 4) is 0 Å². The first-order valence-corrected chi connectivity index (χ1v) is 7.00. The molecule has 0 radical (unpaired) electrons.